The average Bonchev–Trinajstić information content (AvgIpc) is 3.47. The highest BCUT2D eigenvalue weighted by molar-refractivity contribution is 7.99. The molecular formula is C20H24N6O3S. The first kappa shape index (κ1) is 20.4. The van der Waals surface area contributed by atoms with Crippen LogP contribution in [0.2, 0.25) is 0 Å². The summed E-state index contributed by atoms with van der Waals surface area (Å²) < 4.78 is 1.89. The van der Waals surface area contributed by atoms with Gasteiger partial charge in [0.25, 0.3) is 5.91 Å². The van der Waals surface area contributed by atoms with E-state index in [1.165, 1.54) is 11.8 Å². The van der Waals surface area contributed by atoms with Crippen LogP contribution < -0.4 is 10.7 Å². The third-order valence-electron chi connectivity index (χ3n) is 5.40. The number of aryl methyl sites for hydroxylation is 1. The Labute approximate surface area is 178 Å². The predicted molar refractivity (Wildman–Crippen MR) is 110 cm³/mol. The lowest BCUT2D eigenvalue weighted by atomic mass is 9.93. The number of hydrazine groups is 1. The SMILES string of the molecule is Cn1c(SCC(=O)NN2C(=O)NC(C)(CCc3ccccc3)C2=O)nnc1C1CC1. The molecule has 1 aliphatic heterocycles. The van der Waals surface area contributed by atoms with E-state index in [-0.39, 0.29) is 5.75 Å². The van der Waals surface area contributed by atoms with Crippen LogP contribution in [0.5, 0.6) is 0 Å². The molecule has 1 aromatic heterocycles. The minimum Gasteiger partial charge on any atom is -0.322 e. The molecule has 1 aromatic carbocycles. The van der Waals surface area contributed by atoms with Crippen LogP contribution in [-0.4, -0.2) is 48.9 Å². The number of rotatable bonds is 8. The maximum Gasteiger partial charge on any atom is 0.344 e. The Kier molecular flexibility index (Phi) is 5.50. The number of nitrogens with one attached hydrogen (secondary N) is 2. The second-order valence-corrected chi connectivity index (χ2v) is 8.83. The van der Waals surface area contributed by atoms with Gasteiger partial charge in [-0.3, -0.25) is 15.0 Å². The van der Waals surface area contributed by atoms with E-state index in [9.17, 15) is 14.4 Å². The molecule has 9 nitrogen and oxygen atoms in total. The molecule has 2 heterocycles. The van der Waals surface area contributed by atoms with E-state index in [2.05, 4.69) is 20.9 Å². The zero-order chi connectivity index (χ0) is 21.3. The minimum absolute atomic E-state index is 0.0223. The predicted octanol–water partition coefficient (Wildman–Crippen LogP) is 1.76. The van der Waals surface area contributed by atoms with Crippen LogP contribution in [0.25, 0.3) is 0 Å². The molecule has 0 radical (unpaired) electrons. The summed E-state index contributed by atoms with van der Waals surface area (Å²) in [5.74, 6) is 0.503. The van der Waals surface area contributed by atoms with Gasteiger partial charge in [0.2, 0.25) is 5.91 Å². The Morgan fingerprint density at radius 1 is 1.27 bits per heavy atom. The topological polar surface area (TPSA) is 109 Å². The number of carbonyl (C=O) groups is 3. The van der Waals surface area contributed by atoms with Gasteiger partial charge in [-0.15, -0.1) is 10.2 Å². The Balaban J connectivity index is 1.31. The van der Waals surface area contributed by atoms with E-state index >= 15 is 0 Å². The fourth-order valence-electron chi connectivity index (χ4n) is 3.43. The van der Waals surface area contributed by atoms with Gasteiger partial charge in [-0.05, 0) is 38.2 Å². The molecule has 4 rings (SSSR count). The molecular weight excluding hydrogens is 404 g/mol. The normalized spacial score (nSPS) is 21.1. The number of benzene rings is 1. The van der Waals surface area contributed by atoms with Gasteiger partial charge in [-0.1, -0.05) is 42.1 Å². The molecule has 2 aromatic rings. The highest BCUT2D eigenvalue weighted by Crippen LogP contribution is 2.39. The molecule has 0 spiro atoms. The van der Waals surface area contributed by atoms with E-state index in [1.807, 2.05) is 41.9 Å². The second-order valence-electron chi connectivity index (χ2n) is 7.89. The summed E-state index contributed by atoms with van der Waals surface area (Å²) in [6.45, 7) is 1.68. The monoisotopic (exact) mass is 428 g/mol. The van der Waals surface area contributed by atoms with E-state index < -0.39 is 23.4 Å². The van der Waals surface area contributed by atoms with Gasteiger partial charge in [-0.25, -0.2) is 4.79 Å². The van der Waals surface area contributed by atoms with Crippen LogP contribution >= 0.6 is 11.8 Å². The lowest BCUT2D eigenvalue weighted by Crippen LogP contribution is -2.49. The third kappa shape index (κ3) is 4.18. The minimum atomic E-state index is -1.06. The molecule has 1 unspecified atom stereocenters. The molecule has 2 aliphatic rings. The maximum atomic E-state index is 12.8. The molecule has 0 bridgehead atoms. The smallest absolute Gasteiger partial charge is 0.322 e. The van der Waals surface area contributed by atoms with Crippen molar-refractivity contribution in [2.75, 3.05) is 5.75 Å². The van der Waals surface area contributed by atoms with Gasteiger partial charge in [-0.2, -0.15) is 5.01 Å². The Morgan fingerprint density at radius 3 is 2.70 bits per heavy atom. The van der Waals surface area contributed by atoms with Gasteiger partial charge >= 0.3 is 6.03 Å². The molecule has 158 valence electrons. The number of amides is 4. The number of nitrogens with zero attached hydrogens (tertiary/aromatic N) is 4. The molecule has 4 amide bonds. The van der Waals surface area contributed by atoms with E-state index in [0.717, 1.165) is 29.2 Å². The van der Waals surface area contributed by atoms with Crippen LogP contribution in [0.3, 0.4) is 0 Å². The molecule has 2 fully saturated rings. The molecule has 1 atom stereocenters. The van der Waals surface area contributed by atoms with Crippen molar-refractivity contribution in [2.24, 2.45) is 7.05 Å². The maximum absolute atomic E-state index is 12.8. The van der Waals surface area contributed by atoms with Crippen molar-refractivity contribution in [3.63, 3.8) is 0 Å². The van der Waals surface area contributed by atoms with Gasteiger partial charge in [0, 0.05) is 13.0 Å². The fraction of sp³-hybridized carbons (Fsp3) is 0.450. The molecule has 1 aliphatic carbocycles. The van der Waals surface area contributed by atoms with Gasteiger partial charge in [0.15, 0.2) is 5.16 Å². The lowest BCUT2D eigenvalue weighted by molar-refractivity contribution is -0.138. The quantitative estimate of drug-likeness (QED) is 0.490. The number of aromatic nitrogens is 3. The second kappa shape index (κ2) is 8.10. The Hall–Kier alpha value is -2.88. The number of carbonyl (C=O) groups excluding carboxylic acids is 3. The molecule has 1 saturated heterocycles. The van der Waals surface area contributed by atoms with Crippen molar-refractivity contribution in [1.29, 1.82) is 0 Å². The first-order valence-corrected chi connectivity index (χ1v) is 10.9. The fourth-order valence-corrected chi connectivity index (χ4v) is 4.14. The van der Waals surface area contributed by atoms with Crippen molar-refractivity contribution < 1.29 is 14.4 Å². The lowest BCUT2D eigenvalue weighted by Gasteiger charge is -2.21. The zero-order valence-corrected chi connectivity index (χ0v) is 17.7. The summed E-state index contributed by atoms with van der Waals surface area (Å²) in [5, 5.41) is 12.4. The molecule has 10 heteroatoms. The number of imide groups is 1. The summed E-state index contributed by atoms with van der Waals surface area (Å²) in [4.78, 5) is 37.5. The standard InChI is InChI=1S/C20H24N6O3S/c1-20(11-10-13-6-4-3-5-7-13)17(28)26(18(29)21-20)24-15(27)12-30-19-23-22-16(25(19)2)14-8-9-14/h3-7,14H,8-12H2,1-2H3,(H,21,29)(H,24,27). The molecule has 2 N–H and O–H groups in total. The van der Waals surface area contributed by atoms with Crippen LogP contribution in [0.4, 0.5) is 4.79 Å². The summed E-state index contributed by atoms with van der Waals surface area (Å²) in [5.41, 5.74) is 2.44. The zero-order valence-electron chi connectivity index (χ0n) is 16.9. The van der Waals surface area contributed by atoms with Gasteiger partial charge in [0.1, 0.15) is 11.4 Å². The van der Waals surface area contributed by atoms with Crippen molar-refractivity contribution in [3.05, 3.63) is 41.7 Å². The molecule has 30 heavy (non-hydrogen) atoms. The summed E-state index contributed by atoms with van der Waals surface area (Å²) in [6.07, 6.45) is 3.31. The van der Waals surface area contributed by atoms with Gasteiger partial charge < -0.3 is 9.88 Å². The van der Waals surface area contributed by atoms with E-state index in [4.69, 9.17) is 0 Å². The van der Waals surface area contributed by atoms with Crippen LogP contribution in [0, 0.1) is 0 Å². The van der Waals surface area contributed by atoms with Crippen molar-refractivity contribution in [1.82, 2.24) is 30.5 Å². The van der Waals surface area contributed by atoms with E-state index in [0.29, 0.717) is 23.9 Å². The van der Waals surface area contributed by atoms with Gasteiger partial charge in [0.05, 0.1) is 5.75 Å². The Morgan fingerprint density at radius 2 is 2.00 bits per heavy atom. The first-order chi connectivity index (χ1) is 14.4. The summed E-state index contributed by atoms with van der Waals surface area (Å²) in [7, 11) is 1.88. The molecule has 1 saturated carbocycles. The van der Waals surface area contributed by atoms with Crippen LogP contribution in [-0.2, 0) is 23.1 Å². The number of thioether (sulfide) groups is 1. The highest BCUT2D eigenvalue weighted by atomic mass is 32.2. The highest BCUT2D eigenvalue weighted by Gasteiger charge is 2.48. The van der Waals surface area contributed by atoms with Crippen LogP contribution in [0.15, 0.2) is 35.5 Å². The number of hydrogen-bond donors (Lipinski definition) is 2. The largest absolute Gasteiger partial charge is 0.344 e. The van der Waals surface area contributed by atoms with Crippen molar-refractivity contribution in [3.8, 4) is 0 Å². The number of hydrogen-bond acceptors (Lipinski definition) is 6. The average molecular weight is 429 g/mol. The summed E-state index contributed by atoms with van der Waals surface area (Å²) >= 11 is 1.22. The van der Waals surface area contributed by atoms with Crippen molar-refractivity contribution >= 4 is 29.6 Å². The van der Waals surface area contributed by atoms with Crippen molar-refractivity contribution in [2.45, 2.75) is 49.2 Å². The van der Waals surface area contributed by atoms with E-state index in [1.54, 1.807) is 6.92 Å². The third-order valence-corrected chi connectivity index (χ3v) is 6.42. The van der Waals surface area contributed by atoms with Crippen LogP contribution in [0.1, 0.15) is 43.5 Å². The number of urea groups is 1. The summed E-state index contributed by atoms with van der Waals surface area (Å²) in [6, 6.07) is 9.12. The first-order valence-electron chi connectivity index (χ1n) is 9.89. The Bertz CT molecular complexity index is 974.